The summed E-state index contributed by atoms with van der Waals surface area (Å²) >= 11 is 0. The predicted molar refractivity (Wildman–Crippen MR) is 71.8 cm³/mol. The number of rotatable bonds is 7. The molecule has 0 saturated carbocycles. The van der Waals surface area contributed by atoms with Crippen LogP contribution in [0.3, 0.4) is 0 Å². The van der Waals surface area contributed by atoms with Gasteiger partial charge in [-0.1, -0.05) is 19.8 Å². The lowest BCUT2D eigenvalue weighted by molar-refractivity contribution is 0.0600. The van der Waals surface area contributed by atoms with Gasteiger partial charge in [-0.2, -0.15) is 0 Å². The Bertz CT molecular complexity index is 403. The second-order valence-electron chi connectivity index (χ2n) is 4.03. The quantitative estimate of drug-likeness (QED) is 0.563. The van der Waals surface area contributed by atoms with Gasteiger partial charge in [-0.3, -0.25) is 9.19 Å². The van der Waals surface area contributed by atoms with Crippen LogP contribution in [0.1, 0.15) is 42.2 Å². The molecule has 4 nitrogen and oxygen atoms in total. The molecule has 18 heavy (non-hydrogen) atoms. The summed E-state index contributed by atoms with van der Waals surface area (Å²) in [5.74, 6) is 0.762. The highest BCUT2D eigenvalue weighted by Gasteiger charge is 2.07. The maximum absolute atomic E-state index is 11.7. The van der Waals surface area contributed by atoms with Crippen LogP contribution < -0.4 is 0 Å². The number of esters is 1. The van der Waals surface area contributed by atoms with Gasteiger partial charge in [0.15, 0.2) is 0 Å². The lowest BCUT2D eigenvalue weighted by atomic mass is 10.2. The third-order valence-corrected chi connectivity index (χ3v) is 3.89. The minimum Gasteiger partial charge on any atom is -0.465 e. The third kappa shape index (κ3) is 4.96. The number of methoxy groups -OCH3 is 1. The molecule has 1 aromatic heterocycles. The van der Waals surface area contributed by atoms with Gasteiger partial charge in [0.05, 0.1) is 24.1 Å². The van der Waals surface area contributed by atoms with Crippen LogP contribution >= 0.6 is 0 Å². The first-order valence-corrected chi connectivity index (χ1v) is 7.54. The maximum atomic E-state index is 11.7. The predicted octanol–water partition coefficient (Wildman–Crippen LogP) is 2.31. The molecule has 0 radical (unpaired) electrons. The Hall–Kier alpha value is -1.23. The molecule has 1 atom stereocenters. The molecule has 1 rings (SSSR count). The fraction of sp³-hybridized carbons (Fsp3) is 0.538. The first-order valence-electron chi connectivity index (χ1n) is 6.05. The van der Waals surface area contributed by atoms with E-state index in [0.717, 1.165) is 25.0 Å². The summed E-state index contributed by atoms with van der Waals surface area (Å²) < 4.78 is 16.3. The Kier molecular flexibility index (Phi) is 6.57. The van der Waals surface area contributed by atoms with Crippen LogP contribution in [0.25, 0.3) is 0 Å². The first-order chi connectivity index (χ1) is 8.67. The Labute approximate surface area is 110 Å². The van der Waals surface area contributed by atoms with Gasteiger partial charge in [0.1, 0.15) is 0 Å². The van der Waals surface area contributed by atoms with Gasteiger partial charge in [-0.25, -0.2) is 4.79 Å². The largest absolute Gasteiger partial charge is 0.465 e. The van der Waals surface area contributed by atoms with Crippen molar-refractivity contribution in [1.82, 2.24) is 4.98 Å². The van der Waals surface area contributed by atoms with Crippen LogP contribution in [0.15, 0.2) is 18.3 Å². The third-order valence-electron chi connectivity index (χ3n) is 2.53. The average Bonchev–Trinajstić information content (AvgIpc) is 2.39. The highest BCUT2D eigenvalue weighted by atomic mass is 32.2. The molecular weight excluding hydrogens is 250 g/mol. The summed E-state index contributed by atoms with van der Waals surface area (Å²) in [6.45, 7) is 2.12. The van der Waals surface area contributed by atoms with Gasteiger partial charge in [-0.05, 0) is 18.6 Å². The standard InChI is InChI=1S/C13H19NO3S/c1-3-4-5-8-18(16)10-12-7-6-11(9-14-12)13(15)17-2/h6-7,9H,3-5,8,10H2,1-2H3. The van der Waals surface area contributed by atoms with E-state index in [1.165, 1.54) is 13.3 Å². The van der Waals surface area contributed by atoms with Crippen molar-refractivity contribution >= 4 is 16.8 Å². The summed E-state index contributed by atoms with van der Waals surface area (Å²) in [6, 6.07) is 3.38. The summed E-state index contributed by atoms with van der Waals surface area (Å²) in [7, 11) is 0.462. The molecule has 0 aliphatic carbocycles. The van der Waals surface area contributed by atoms with Crippen molar-refractivity contribution in [1.29, 1.82) is 0 Å². The Morgan fingerprint density at radius 1 is 1.39 bits per heavy atom. The molecular formula is C13H19NO3S. The highest BCUT2D eigenvalue weighted by molar-refractivity contribution is 7.84. The molecule has 0 aliphatic heterocycles. The summed E-state index contributed by atoms with van der Waals surface area (Å²) in [5.41, 5.74) is 1.16. The number of ether oxygens (including phenoxy) is 1. The van der Waals surface area contributed by atoms with Crippen molar-refractivity contribution in [2.45, 2.75) is 31.9 Å². The van der Waals surface area contributed by atoms with Gasteiger partial charge in [0.25, 0.3) is 0 Å². The van der Waals surface area contributed by atoms with Crippen molar-refractivity contribution in [3.63, 3.8) is 0 Å². The number of unbranched alkanes of at least 4 members (excludes halogenated alkanes) is 2. The second-order valence-corrected chi connectivity index (χ2v) is 5.60. The fourth-order valence-electron chi connectivity index (χ4n) is 1.50. The summed E-state index contributed by atoms with van der Waals surface area (Å²) in [6.07, 6.45) is 4.69. The van der Waals surface area contributed by atoms with Gasteiger partial charge >= 0.3 is 5.97 Å². The fourth-order valence-corrected chi connectivity index (χ4v) is 2.67. The molecule has 5 heteroatoms. The van der Waals surface area contributed by atoms with Gasteiger partial charge in [0, 0.05) is 22.7 Å². The average molecular weight is 269 g/mol. The zero-order valence-corrected chi connectivity index (χ0v) is 11.7. The topological polar surface area (TPSA) is 56.3 Å². The van der Waals surface area contributed by atoms with Crippen LogP contribution in [-0.4, -0.2) is 28.0 Å². The van der Waals surface area contributed by atoms with E-state index in [9.17, 15) is 9.00 Å². The van der Waals surface area contributed by atoms with Crippen LogP contribution in [0.4, 0.5) is 0 Å². The Balaban J connectivity index is 2.48. The zero-order chi connectivity index (χ0) is 13.4. The molecule has 0 saturated heterocycles. The molecule has 0 amide bonds. The molecule has 0 aliphatic rings. The second kappa shape index (κ2) is 7.97. The van der Waals surface area contributed by atoms with Crippen molar-refractivity contribution < 1.29 is 13.7 Å². The van der Waals surface area contributed by atoms with E-state index in [1.54, 1.807) is 12.1 Å². The number of aromatic nitrogens is 1. The molecule has 0 N–H and O–H groups in total. The van der Waals surface area contributed by atoms with Crippen LogP contribution in [0.5, 0.6) is 0 Å². The van der Waals surface area contributed by atoms with E-state index in [4.69, 9.17) is 0 Å². The van der Waals surface area contributed by atoms with Crippen molar-refractivity contribution in [3.05, 3.63) is 29.6 Å². The number of nitrogens with zero attached hydrogens (tertiary/aromatic N) is 1. The smallest absolute Gasteiger partial charge is 0.339 e. The van der Waals surface area contributed by atoms with Crippen molar-refractivity contribution in [2.24, 2.45) is 0 Å². The van der Waals surface area contributed by atoms with E-state index < -0.39 is 16.8 Å². The Morgan fingerprint density at radius 3 is 2.72 bits per heavy atom. The molecule has 1 unspecified atom stereocenters. The SMILES string of the molecule is CCCCCS(=O)Cc1ccc(C(=O)OC)cn1. The molecule has 1 aromatic rings. The highest BCUT2D eigenvalue weighted by Crippen LogP contribution is 2.06. The normalized spacial score (nSPS) is 12.1. The molecule has 0 spiro atoms. The number of hydrogen-bond acceptors (Lipinski definition) is 4. The van der Waals surface area contributed by atoms with Crippen LogP contribution in [0, 0.1) is 0 Å². The zero-order valence-electron chi connectivity index (χ0n) is 10.8. The van der Waals surface area contributed by atoms with E-state index in [1.807, 2.05) is 0 Å². The number of carbonyl (C=O) groups is 1. The lowest BCUT2D eigenvalue weighted by Gasteiger charge is -2.03. The summed E-state index contributed by atoms with van der Waals surface area (Å²) in [4.78, 5) is 15.3. The Morgan fingerprint density at radius 2 is 2.17 bits per heavy atom. The number of hydrogen-bond donors (Lipinski definition) is 0. The van der Waals surface area contributed by atoms with E-state index >= 15 is 0 Å². The van der Waals surface area contributed by atoms with Crippen molar-refractivity contribution in [2.75, 3.05) is 12.9 Å². The molecule has 0 bridgehead atoms. The molecule has 100 valence electrons. The van der Waals surface area contributed by atoms with Crippen molar-refractivity contribution in [3.8, 4) is 0 Å². The van der Waals surface area contributed by atoms with Gasteiger partial charge < -0.3 is 4.74 Å². The summed E-state index contributed by atoms with van der Waals surface area (Å²) in [5, 5.41) is 0. The minimum absolute atomic E-state index is 0.405. The van der Waals surface area contributed by atoms with E-state index in [-0.39, 0.29) is 0 Å². The lowest BCUT2D eigenvalue weighted by Crippen LogP contribution is -2.05. The van der Waals surface area contributed by atoms with Crippen LogP contribution in [0.2, 0.25) is 0 Å². The monoisotopic (exact) mass is 269 g/mol. The van der Waals surface area contributed by atoms with Crippen LogP contribution in [-0.2, 0) is 21.3 Å². The van der Waals surface area contributed by atoms with Gasteiger partial charge in [-0.15, -0.1) is 0 Å². The maximum Gasteiger partial charge on any atom is 0.339 e. The van der Waals surface area contributed by atoms with E-state index in [0.29, 0.717) is 17.1 Å². The van der Waals surface area contributed by atoms with Gasteiger partial charge in [0.2, 0.25) is 0 Å². The first kappa shape index (κ1) is 14.8. The number of pyridine rings is 1. The molecule has 0 fully saturated rings. The number of carbonyl (C=O) groups excluding carboxylic acids is 1. The minimum atomic E-state index is -0.870. The molecule has 1 heterocycles. The molecule has 0 aromatic carbocycles. The van der Waals surface area contributed by atoms with E-state index in [2.05, 4.69) is 16.6 Å².